The lowest BCUT2D eigenvalue weighted by Gasteiger charge is -2.20. The second-order valence-corrected chi connectivity index (χ2v) is 8.77. The Morgan fingerprint density at radius 1 is 1.19 bits per heavy atom. The molecule has 1 fully saturated rings. The first kappa shape index (κ1) is 22.3. The molecule has 1 saturated heterocycles. The zero-order valence-electron chi connectivity index (χ0n) is 19.2. The molecule has 9 nitrogen and oxygen atoms in total. The zero-order valence-corrected chi connectivity index (χ0v) is 19.2. The number of nitrogens with two attached hydrogens (primary N) is 1. The molecule has 0 bridgehead atoms. The van der Waals surface area contributed by atoms with Crippen molar-refractivity contribution in [2.75, 3.05) is 39.5 Å². The van der Waals surface area contributed by atoms with E-state index in [1.807, 2.05) is 0 Å². The Balaban J connectivity index is 1.48. The summed E-state index contributed by atoms with van der Waals surface area (Å²) in [6, 6.07) is 9.26. The van der Waals surface area contributed by atoms with Gasteiger partial charge in [0.2, 0.25) is 0 Å². The molecule has 1 aromatic carbocycles. The van der Waals surface area contributed by atoms with Gasteiger partial charge in [-0.1, -0.05) is 37.6 Å². The average Bonchev–Trinajstić information content (AvgIpc) is 3.35. The number of nitrogen functional groups attached to an aromatic ring is 1. The van der Waals surface area contributed by atoms with Gasteiger partial charge in [0.25, 0.3) is 0 Å². The van der Waals surface area contributed by atoms with E-state index in [-0.39, 0.29) is 17.5 Å². The summed E-state index contributed by atoms with van der Waals surface area (Å²) in [6.45, 7) is 6.17. The Labute approximate surface area is 188 Å². The van der Waals surface area contributed by atoms with E-state index in [0.717, 1.165) is 38.0 Å². The predicted molar refractivity (Wildman–Crippen MR) is 126 cm³/mol. The van der Waals surface area contributed by atoms with Gasteiger partial charge >= 0.3 is 11.7 Å². The van der Waals surface area contributed by atoms with Crippen LogP contribution in [0.15, 0.2) is 29.1 Å². The quantitative estimate of drug-likeness (QED) is 0.492. The standard InChI is InChI=1S/C23H33N7O2/c1-4-5-12-32-22-26-20(24)19-21(27-22)30(23(31)25-19)14-17-8-6-16(7-9-17)13-29-11-10-18(15-29)28(2)3/h6-9,18H,4-5,10-15H2,1-3H3,(H,25,31)(H2,24,26,27). The van der Waals surface area contributed by atoms with E-state index in [1.165, 1.54) is 12.0 Å². The Bertz CT molecular complexity index is 1100. The molecule has 32 heavy (non-hydrogen) atoms. The fourth-order valence-corrected chi connectivity index (χ4v) is 4.12. The molecule has 0 aliphatic carbocycles. The molecule has 1 aliphatic rings. The Morgan fingerprint density at radius 2 is 1.91 bits per heavy atom. The molecule has 2 aromatic heterocycles. The summed E-state index contributed by atoms with van der Waals surface area (Å²) in [4.78, 5) is 28.8. The number of rotatable bonds is 9. The lowest BCUT2D eigenvalue weighted by molar-refractivity contribution is 0.264. The highest BCUT2D eigenvalue weighted by atomic mass is 16.5. The van der Waals surface area contributed by atoms with Gasteiger partial charge in [0, 0.05) is 25.7 Å². The Hall–Kier alpha value is -2.91. The van der Waals surface area contributed by atoms with Gasteiger partial charge in [-0.2, -0.15) is 9.97 Å². The van der Waals surface area contributed by atoms with Crippen molar-refractivity contribution in [3.63, 3.8) is 0 Å². The molecule has 4 rings (SSSR count). The number of hydrogen-bond acceptors (Lipinski definition) is 7. The van der Waals surface area contributed by atoms with Crippen molar-refractivity contribution in [1.82, 2.24) is 29.3 Å². The van der Waals surface area contributed by atoms with Crippen LogP contribution >= 0.6 is 0 Å². The predicted octanol–water partition coefficient (Wildman–Crippen LogP) is 2.06. The van der Waals surface area contributed by atoms with Crippen LogP contribution in [-0.2, 0) is 13.1 Å². The molecule has 0 amide bonds. The van der Waals surface area contributed by atoms with Gasteiger partial charge in [0.05, 0.1) is 13.2 Å². The highest BCUT2D eigenvalue weighted by molar-refractivity contribution is 5.81. The van der Waals surface area contributed by atoms with Crippen LogP contribution in [0.3, 0.4) is 0 Å². The van der Waals surface area contributed by atoms with Crippen LogP contribution < -0.4 is 16.2 Å². The molecule has 9 heteroatoms. The minimum atomic E-state index is -0.262. The number of benzene rings is 1. The van der Waals surface area contributed by atoms with E-state index in [1.54, 1.807) is 4.57 Å². The van der Waals surface area contributed by atoms with Gasteiger partial charge in [-0.05, 0) is 38.1 Å². The van der Waals surface area contributed by atoms with Crippen molar-refractivity contribution in [2.24, 2.45) is 0 Å². The van der Waals surface area contributed by atoms with Gasteiger partial charge in [-0.25, -0.2) is 4.79 Å². The van der Waals surface area contributed by atoms with Crippen LogP contribution in [0.2, 0.25) is 0 Å². The molecular weight excluding hydrogens is 406 g/mol. The number of nitrogens with one attached hydrogen (secondary N) is 1. The number of unbranched alkanes of at least 4 members (excludes halogenated alkanes) is 1. The third-order valence-electron chi connectivity index (χ3n) is 6.11. The molecule has 0 radical (unpaired) electrons. The third-order valence-corrected chi connectivity index (χ3v) is 6.11. The summed E-state index contributed by atoms with van der Waals surface area (Å²) < 4.78 is 7.19. The molecular formula is C23H33N7O2. The SMILES string of the molecule is CCCCOc1nc(N)c2[nH]c(=O)n(Cc3ccc(CN4CCC(N(C)C)C4)cc3)c2n1. The highest BCUT2D eigenvalue weighted by Crippen LogP contribution is 2.20. The summed E-state index contributed by atoms with van der Waals surface area (Å²) in [5.74, 6) is 0.217. The van der Waals surface area contributed by atoms with Gasteiger partial charge in [0.1, 0.15) is 5.52 Å². The number of imidazole rings is 1. The fraction of sp³-hybridized carbons (Fsp3) is 0.522. The number of ether oxygens (including phenoxy) is 1. The van der Waals surface area contributed by atoms with E-state index in [9.17, 15) is 4.79 Å². The first-order chi connectivity index (χ1) is 15.4. The molecule has 0 spiro atoms. The number of likely N-dealkylation sites (N-methyl/N-ethyl adjacent to an activating group) is 1. The summed E-state index contributed by atoms with van der Waals surface area (Å²) in [5, 5.41) is 0. The van der Waals surface area contributed by atoms with Gasteiger partial charge in [-0.15, -0.1) is 0 Å². The van der Waals surface area contributed by atoms with Crippen LogP contribution in [0.5, 0.6) is 6.01 Å². The maximum atomic E-state index is 12.6. The van der Waals surface area contributed by atoms with Crippen molar-refractivity contribution in [3.8, 4) is 6.01 Å². The first-order valence-corrected chi connectivity index (χ1v) is 11.3. The van der Waals surface area contributed by atoms with Gasteiger partial charge in [-0.3, -0.25) is 9.47 Å². The molecule has 0 saturated carbocycles. The Morgan fingerprint density at radius 3 is 2.56 bits per heavy atom. The third kappa shape index (κ3) is 4.94. The summed E-state index contributed by atoms with van der Waals surface area (Å²) in [6.07, 6.45) is 3.13. The van der Waals surface area contributed by atoms with Crippen molar-refractivity contribution < 1.29 is 4.74 Å². The van der Waals surface area contributed by atoms with E-state index in [2.05, 4.69) is 70.0 Å². The molecule has 3 heterocycles. The van der Waals surface area contributed by atoms with Crippen LogP contribution in [-0.4, -0.2) is 69.2 Å². The van der Waals surface area contributed by atoms with Crippen LogP contribution in [0.25, 0.3) is 11.2 Å². The van der Waals surface area contributed by atoms with Crippen molar-refractivity contribution in [2.45, 2.75) is 45.3 Å². The molecule has 172 valence electrons. The maximum Gasteiger partial charge on any atom is 0.328 e. The van der Waals surface area contributed by atoms with E-state index in [0.29, 0.717) is 30.4 Å². The number of aromatic amines is 1. The number of fused-ring (bicyclic) bond motifs is 1. The van der Waals surface area contributed by atoms with E-state index in [4.69, 9.17) is 10.5 Å². The number of H-pyrrole nitrogens is 1. The number of aromatic nitrogens is 4. The van der Waals surface area contributed by atoms with Crippen LogP contribution in [0, 0.1) is 0 Å². The zero-order chi connectivity index (χ0) is 22.7. The lowest BCUT2D eigenvalue weighted by Crippen LogP contribution is -2.31. The molecule has 1 atom stereocenters. The molecule has 1 aliphatic heterocycles. The number of nitrogens with zero attached hydrogens (tertiary/aromatic N) is 5. The minimum Gasteiger partial charge on any atom is -0.463 e. The lowest BCUT2D eigenvalue weighted by atomic mass is 10.1. The minimum absolute atomic E-state index is 0.202. The normalized spacial score (nSPS) is 16.9. The summed E-state index contributed by atoms with van der Waals surface area (Å²) in [7, 11) is 4.29. The number of likely N-dealkylation sites (tertiary alicyclic amines) is 1. The monoisotopic (exact) mass is 439 g/mol. The van der Waals surface area contributed by atoms with Gasteiger partial charge in [0.15, 0.2) is 11.5 Å². The van der Waals surface area contributed by atoms with Crippen molar-refractivity contribution in [1.29, 1.82) is 0 Å². The second kappa shape index (κ2) is 9.70. The first-order valence-electron chi connectivity index (χ1n) is 11.3. The molecule has 3 aromatic rings. The van der Waals surface area contributed by atoms with E-state index >= 15 is 0 Å². The van der Waals surface area contributed by atoms with Crippen molar-refractivity contribution >= 4 is 17.0 Å². The fourth-order valence-electron chi connectivity index (χ4n) is 4.12. The largest absolute Gasteiger partial charge is 0.463 e. The number of hydrogen-bond donors (Lipinski definition) is 2. The molecule has 1 unspecified atom stereocenters. The molecule has 3 N–H and O–H groups in total. The number of anilines is 1. The summed E-state index contributed by atoms with van der Waals surface area (Å²) >= 11 is 0. The smallest absolute Gasteiger partial charge is 0.328 e. The van der Waals surface area contributed by atoms with Gasteiger partial charge < -0.3 is 20.4 Å². The summed E-state index contributed by atoms with van der Waals surface area (Å²) in [5.41, 5.74) is 8.98. The van der Waals surface area contributed by atoms with Crippen LogP contribution in [0.4, 0.5) is 5.82 Å². The Kier molecular flexibility index (Phi) is 6.76. The topological polar surface area (TPSA) is 105 Å². The average molecular weight is 440 g/mol. The maximum absolute atomic E-state index is 12.6. The van der Waals surface area contributed by atoms with Crippen LogP contribution in [0.1, 0.15) is 37.3 Å². The van der Waals surface area contributed by atoms with Crippen molar-refractivity contribution in [3.05, 3.63) is 45.9 Å². The second-order valence-electron chi connectivity index (χ2n) is 8.77. The van der Waals surface area contributed by atoms with E-state index < -0.39 is 0 Å². The highest BCUT2D eigenvalue weighted by Gasteiger charge is 2.23.